The molecule has 0 saturated heterocycles. The van der Waals surface area contributed by atoms with Gasteiger partial charge in [-0.05, 0) is 25.0 Å². The zero-order valence-corrected chi connectivity index (χ0v) is 13.3. The van der Waals surface area contributed by atoms with Crippen LogP contribution in [0.1, 0.15) is 22.8 Å². The number of carbonyl (C=O) groups is 1. The van der Waals surface area contributed by atoms with Gasteiger partial charge < -0.3 is 10.0 Å². The Morgan fingerprint density at radius 2 is 1.48 bits per heavy atom. The molecule has 134 valence electrons. The quantitative estimate of drug-likeness (QED) is 0.513. The van der Waals surface area contributed by atoms with Crippen LogP contribution in [0.25, 0.3) is 0 Å². The summed E-state index contributed by atoms with van der Waals surface area (Å²) >= 11 is 0. The summed E-state index contributed by atoms with van der Waals surface area (Å²) in [5.41, 5.74) is -1.05. The summed E-state index contributed by atoms with van der Waals surface area (Å²) in [6.45, 7) is 1.51. The smallest absolute Gasteiger partial charge is 0.260 e. The molecule has 0 aliphatic rings. The topological polar surface area (TPSA) is 40.5 Å². The van der Waals surface area contributed by atoms with Gasteiger partial charge >= 0.3 is 0 Å². The lowest BCUT2D eigenvalue weighted by Crippen LogP contribution is -2.38. The Morgan fingerprint density at radius 1 is 1.00 bits per heavy atom. The van der Waals surface area contributed by atoms with Crippen molar-refractivity contribution in [2.45, 2.75) is 19.4 Å². The van der Waals surface area contributed by atoms with Gasteiger partial charge in [0.1, 0.15) is 11.3 Å². The van der Waals surface area contributed by atoms with Gasteiger partial charge in [0.25, 0.3) is 5.91 Å². The third kappa shape index (κ3) is 3.42. The Balaban J connectivity index is 2.33. The Hall–Kier alpha value is -2.64. The highest BCUT2D eigenvalue weighted by molar-refractivity contribution is 5.95. The van der Waals surface area contributed by atoms with Gasteiger partial charge in [0.2, 0.25) is 5.82 Å². The summed E-state index contributed by atoms with van der Waals surface area (Å²) in [5.74, 6) is -12.4. The predicted molar refractivity (Wildman–Crippen MR) is 79.6 cm³/mol. The van der Waals surface area contributed by atoms with Crippen molar-refractivity contribution < 1.29 is 31.9 Å². The molecule has 3 nitrogen and oxygen atoms in total. The van der Waals surface area contributed by atoms with Gasteiger partial charge in [-0.1, -0.05) is 18.2 Å². The van der Waals surface area contributed by atoms with E-state index in [9.17, 15) is 31.9 Å². The molecule has 0 saturated carbocycles. The number of hydrogen-bond acceptors (Lipinski definition) is 2. The molecule has 0 bridgehead atoms. The van der Waals surface area contributed by atoms with Crippen LogP contribution in [-0.4, -0.2) is 29.0 Å². The summed E-state index contributed by atoms with van der Waals surface area (Å²) in [6.07, 6.45) is 0.115. The Morgan fingerprint density at radius 3 is 2.00 bits per heavy atom. The maximum Gasteiger partial charge on any atom is 0.260 e. The maximum atomic E-state index is 13.8. The molecule has 1 N–H and O–H groups in total. The number of phenolic OH excluding ortho intramolecular Hbond substituents is 1. The maximum absolute atomic E-state index is 13.8. The van der Waals surface area contributed by atoms with E-state index >= 15 is 0 Å². The number of likely N-dealkylation sites (N-methyl/N-ethyl adjacent to an activating group) is 1. The highest BCUT2D eigenvalue weighted by atomic mass is 19.2. The van der Waals surface area contributed by atoms with Crippen molar-refractivity contribution in [3.05, 3.63) is 64.5 Å². The molecule has 0 heterocycles. The van der Waals surface area contributed by atoms with E-state index in [1.54, 1.807) is 18.2 Å². The lowest BCUT2D eigenvalue weighted by atomic mass is 10.0. The van der Waals surface area contributed by atoms with E-state index in [2.05, 4.69) is 0 Å². The number of aromatic hydroxyl groups is 1. The monoisotopic (exact) mass is 359 g/mol. The molecular formula is C17H14F5NO2. The van der Waals surface area contributed by atoms with E-state index < -0.39 is 46.6 Å². The molecule has 0 aromatic heterocycles. The number of phenols is 1. The van der Waals surface area contributed by atoms with Gasteiger partial charge in [0, 0.05) is 13.1 Å². The van der Waals surface area contributed by atoms with Crippen LogP contribution in [0.5, 0.6) is 5.75 Å². The number of amides is 1. The van der Waals surface area contributed by atoms with Crippen LogP contribution in [0, 0.1) is 29.1 Å². The second kappa shape index (κ2) is 7.08. The standard InChI is InChI=1S/C17H14F5NO2/c1-8(7-9-5-3-4-6-10(9)24)23(2)17(25)11-12(18)14(20)16(22)15(21)13(11)19/h3-6,8,24H,7H2,1-2H3. The molecule has 0 spiro atoms. The normalized spacial score (nSPS) is 12.1. The highest BCUT2D eigenvalue weighted by Gasteiger charge is 2.32. The first-order valence-electron chi connectivity index (χ1n) is 7.22. The van der Waals surface area contributed by atoms with Crippen LogP contribution >= 0.6 is 0 Å². The fourth-order valence-electron chi connectivity index (χ4n) is 2.31. The van der Waals surface area contributed by atoms with Crippen LogP contribution in [0.2, 0.25) is 0 Å². The average Bonchev–Trinajstić information content (AvgIpc) is 2.59. The molecule has 2 aromatic rings. The van der Waals surface area contributed by atoms with E-state index in [1.807, 2.05) is 0 Å². The van der Waals surface area contributed by atoms with Crippen molar-refractivity contribution in [3.63, 3.8) is 0 Å². The number of para-hydroxylation sites is 1. The zero-order chi connectivity index (χ0) is 18.9. The highest BCUT2D eigenvalue weighted by Crippen LogP contribution is 2.25. The molecule has 0 radical (unpaired) electrons. The summed E-state index contributed by atoms with van der Waals surface area (Å²) in [4.78, 5) is 13.1. The van der Waals surface area contributed by atoms with E-state index in [-0.39, 0.29) is 12.2 Å². The van der Waals surface area contributed by atoms with E-state index in [0.717, 1.165) is 4.90 Å². The van der Waals surface area contributed by atoms with Crippen molar-refractivity contribution in [2.75, 3.05) is 7.05 Å². The van der Waals surface area contributed by atoms with Crippen molar-refractivity contribution in [2.24, 2.45) is 0 Å². The Labute approximate surface area is 140 Å². The van der Waals surface area contributed by atoms with Crippen LogP contribution in [0.3, 0.4) is 0 Å². The predicted octanol–water partition coefficient (Wildman–Crippen LogP) is 3.79. The lowest BCUT2D eigenvalue weighted by Gasteiger charge is -2.26. The molecule has 1 unspecified atom stereocenters. The molecule has 8 heteroatoms. The van der Waals surface area contributed by atoms with Gasteiger partial charge in [-0.25, -0.2) is 22.0 Å². The average molecular weight is 359 g/mol. The third-order valence-electron chi connectivity index (χ3n) is 3.91. The van der Waals surface area contributed by atoms with Gasteiger partial charge in [-0.3, -0.25) is 4.79 Å². The van der Waals surface area contributed by atoms with Crippen molar-refractivity contribution in [1.82, 2.24) is 4.90 Å². The number of hydrogen-bond donors (Lipinski definition) is 1. The summed E-state index contributed by atoms with van der Waals surface area (Å²) in [6, 6.07) is 5.56. The van der Waals surface area contributed by atoms with E-state index in [1.165, 1.54) is 20.0 Å². The molecule has 1 amide bonds. The van der Waals surface area contributed by atoms with E-state index in [4.69, 9.17) is 0 Å². The van der Waals surface area contributed by atoms with Crippen LogP contribution < -0.4 is 0 Å². The number of carbonyl (C=O) groups excluding carboxylic acids is 1. The molecular weight excluding hydrogens is 345 g/mol. The Kier molecular flexibility index (Phi) is 5.30. The lowest BCUT2D eigenvalue weighted by molar-refractivity contribution is 0.0729. The molecule has 1 atom stereocenters. The van der Waals surface area contributed by atoms with Gasteiger partial charge in [0.05, 0.1) is 0 Å². The van der Waals surface area contributed by atoms with Crippen molar-refractivity contribution in [3.8, 4) is 5.75 Å². The van der Waals surface area contributed by atoms with Gasteiger partial charge in [-0.15, -0.1) is 0 Å². The first-order chi connectivity index (χ1) is 11.7. The second-order valence-electron chi connectivity index (χ2n) is 5.54. The van der Waals surface area contributed by atoms with E-state index in [0.29, 0.717) is 5.56 Å². The van der Waals surface area contributed by atoms with Crippen molar-refractivity contribution in [1.29, 1.82) is 0 Å². The molecule has 2 rings (SSSR count). The molecule has 0 aliphatic heterocycles. The SMILES string of the molecule is CC(Cc1ccccc1O)N(C)C(=O)c1c(F)c(F)c(F)c(F)c1F. The molecule has 25 heavy (non-hydrogen) atoms. The minimum absolute atomic E-state index is 0.0357. The minimum Gasteiger partial charge on any atom is -0.508 e. The minimum atomic E-state index is -2.32. The Bertz CT molecular complexity index is 796. The fraction of sp³-hybridized carbons (Fsp3) is 0.235. The molecule has 2 aromatic carbocycles. The summed E-state index contributed by atoms with van der Waals surface area (Å²) in [7, 11) is 1.17. The van der Waals surface area contributed by atoms with Crippen LogP contribution in [0.4, 0.5) is 22.0 Å². The first-order valence-corrected chi connectivity index (χ1v) is 7.22. The summed E-state index contributed by atoms with van der Waals surface area (Å²) in [5, 5.41) is 9.72. The van der Waals surface area contributed by atoms with Gasteiger partial charge in [0.15, 0.2) is 23.3 Å². The molecule has 0 fully saturated rings. The van der Waals surface area contributed by atoms with Gasteiger partial charge in [-0.2, -0.15) is 0 Å². The fourth-order valence-corrected chi connectivity index (χ4v) is 2.31. The number of nitrogens with zero attached hydrogens (tertiary/aromatic N) is 1. The van der Waals surface area contributed by atoms with Crippen LogP contribution in [0.15, 0.2) is 24.3 Å². The van der Waals surface area contributed by atoms with Crippen LogP contribution in [-0.2, 0) is 6.42 Å². The van der Waals surface area contributed by atoms with Crippen molar-refractivity contribution >= 4 is 5.91 Å². The zero-order valence-electron chi connectivity index (χ0n) is 13.3. The summed E-state index contributed by atoms with van der Waals surface area (Å²) < 4.78 is 67.1. The number of halogens is 5. The third-order valence-corrected chi connectivity index (χ3v) is 3.91. The largest absolute Gasteiger partial charge is 0.508 e. The number of rotatable bonds is 4. The second-order valence-corrected chi connectivity index (χ2v) is 5.54. The number of benzene rings is 2. The first kappa shape index (κ1) is 18.7. The molecule has 0 aliphatic carbocycles.